The lowest BCUT2D eigenvalue weighted by atomic mass is 9.41. The molecule has 0 unspecified atom stereocenters. The number of rotatable bonds is 2. The summed E-state index contributed by atoms with van der Waals surface area (Å²) in [6, 6.07) is 4.47. The number of benzene rings is 1. The van der Waals surface area contributed by atoms with Crippen LogP contribution in [0.2, 0.25) is 0 Å². The summed E-state index contributed by atoms with van der Waals surface area (Å²) in [6.45, 7) is 32.4. The zero-order valence-corrected chi connectivity index (χ0v) is 22.8. The molecule has 0 saturated carbocycles. The van der Waals surface area contributed by atoms with Crippen molar-refractivity contribution in [2.45, 2.75) is 87.5 Å². The van der Waals surface area contributed by atoms with E-state index in [1.165, 1.54) is 55.7 Å². The van der Waals surface area contributed by atoms with Gasteiger partial charge in [-0.2, -0.15) is 0 Å². The number of fused-ring (bicyclic) bond motifs is 3. The Bertz CT molecular complexity index is 1260. The number of allylic oxidation sites excluding steroid dienone is 7. The minimum Gasteiger partial charge on any atom is -0.0979 e. The molecular weight excluding hydrogens is 408 g/mol. The lowest BCUT2D eigenvalue weighted by Crippen LogP contribution is -2.52. The lowest BCUT2D eigenvalue weighted by molar-refractivity contribution is 0.0544. The van der Waals surface area contributed by atoms with Crippen LogP contribution in [0.4, 0.5) is 0 Å². The van der Waals surface area contributed by atoms with E-state index in [2.05, 4.69) is 85.9 Å². The average molecular weight is 451 g/mol. The van der Waals surface area contributed by atoms with Crippen molar-refractivity contribution < 1.29 is 0 Å². The second kappa shape index (κ2) is 8.02. The van der Waals surface area contributed by atoms with Gasteiger partial charge in [-0.1, -0.05) is 82.1 Å². The van der Waals surface area contributed by atoms with E-state index in [1.54, 1.807) is 0 Å². The molecule has 0 aromatic heterocycles. The molecule has 34 heavy (non-hydrogen) atoms. The second-order valence-corrected chi connectivity index (χ2v) is 12.0. The minimum absolute atomic E-state index is 0.0404. The highest BCUT2D eigenvalue weighted by atomic mass is 14.6. The van der Waals surface area contributed by atoms with Crippen molar-refractivity contribution in [1.29, 1.82) is 0 Å². The van der Waals surface area contributed by atoms with Crippen molar-refractivity contribution in [3.8, 4) is 11.8 Å². The normalized spacial score (nSPS) is 30.4. The van der Waals surface area contributed by atoms with E-state index in [-0.39, 0.29) is 16.2 Å². The standard InChI is InChI=1S/C34H42/c1-12-13-14-15-27-17-16-22(4)30-24(6)31-26(8)34(11)25(7)29(21(2)3)23(5)18-33(34,10)20-32(31,9)19-28(27)30/h16-17H,2,6-7,12-13,18-20H2,1,3-5,8-11H3/t32-,33+,34-/m1/s1. The highest BCUT2D eigenvalue weighted by molar-refractivity contribution is 5.87. The topological polar surface area (TPSA) is 0 Å². The molecular formula is C34H42. The van der Waals surface area contributed by atoms with Crippen LogP contribution in [0, 0.1) is 35.0 Å². The van der Waals surface area contributed by atoms with Gasteiger partial charge in [0.2, 0.25) is 0 Å². The van der Waals surface area contributed by atoms with Crippen molar-refractivity contribution in [3.05, 3.63) is 87.6 Å². The first-order valence-electron chi connectivity index (χ1n) is 12.9. The second-order valence-electron chi connectivity index (χ2n) is 12.0. The fourth-order valence-electron chi connectivity index (χ4n) is 7.94. The number of unbranched alkanes of at least 4 members (excludes halogenated alkanes) is 1. The van der Waals surface area contributed by atoms with Crippen molar-refractivity contribution >= 4 is 5.57 Å². The Labute approximate surface area is 208 Å². The van der Waals surface area contributed by atoms with Crippen LogP contribution in [-0.4, -0.2) is 0 Å². The lowest BCUT2D eigenvalue weighted by Gasteiger charge is -2.62. The van der Waals surface area contributed by atoms with Gasteiger partial charge in [-0.3, -0.25) is 0 Å². The summed E-state index contributed by atoms with van der Waals surface area (Å²) in [7, 11) is 0. The maximum atomic E-state index is 4.75. The molecule has 1 aromatic carbocycles. The Balaban J connectivity index is 1.98. The zero-order chi connectivity index (χ0) is 25.2. The molecule has 3 aliphatic carbocycles. The van der Waals surface area contributed by atoms with E-state index in [0.29, 0.717) is 0 Å². The van der Waals surface area contributed by atoms with Crippen molar-refractivity contribution in [2.75, 3.05) is 0 Å². The number of hydrogen-bond donors (Lipinski definition) is 0. The van der Waals surface area contributed by atoms with Crippen molar-refractivity contribution in [3.63, 3.8) is 0 Å². The summed E-state index contributed by atoms with van der Waals surface area (Å²) in [6.07, 6.45) is 5.27. The molecule has 0 bridgehead atoms. The van der Waals surface area contributed by atoms with E-state index in [0.717, 1.165) is 37.7 Å². The van der Waals surface area contributed by atoms with Crippen LogP contribution < -0.4 is 0 Å². The largest absolute Gasteiger partial charge is 0.0979 e. The predicted octanol–water partition coefficient (Wildman–Crippen LogP) is 9.31. The molecule has 0 saturated heterocycles. The van der Waals surface area contributed by atoms with Crippen LogP contribution in [0.3, 0.4) is 0 Å². The first-order valence-corrected chi connectivity index (χ1v) is 12.9. The molecule has 3 aliphatic rings. The molecule has 0 N–H and O–H groups in total. The van der Waals surface area contributed by atoms with E-state index in [1.807, 2.05) is 0 Å². The Hall–Kier alpha value is -2.52. The first-order chi connectivity index (χ1) is 15.8. The van der Waals surface area contributed by atoms with Crippen LogP contribution in [0.25, 0.3) is 5.57 Å². The van der Waals surface area contributed by atoms with Gasteiger partial charge in [-0.25, -0.2) is 0 Å². The summed E-state index contributed by atoms with van der Waals surface area (Å²) in [4.78, 5) is 0. The van der Waals surface area contributed by atoms with Crippen LogP contribution in [-0.2, 0) is 6.42 Å². The molecule has 0 radical (unpaired) electrons. The molecule has 0 amide bonds. The SMILES string of the molecule is C=C(C)C1=C(C)C[C@@]2(C)C[C@@]3(C)Cc4c(C#CCCC)ccc(C)c4C(=C)C3=C(C)[C@@]2(C)C1=C. The van der Waals surface area contributed by atoms with E-state index >= 15 is 0 Å². The maximum Gasteiger partial charge on any atom is 0.0283 e. The highest BCUT2D eigenvalue weighted by Crippen LogP contribution is 2.70. The summed E-state index contributed by atoms with van der Waals surface area (Å²) in [5, 5.41) is 0. The molecule has 4 rings (SSSR count). The summed E-state index contributed by atoms with van der Waals surface area (Å²) < 4.78 is 0. The quantitative estimate of drug-likeness (QED) is 0.394. The summed E-state index contributed by atoms with van der Waals surface area (Å²) >= 11 is 0. The zero-order valence-electron chi connectivity index (χ0n) is 22.8. The van der Waals surface area contributed by atoms with E-state index < -0.39 is 0 Å². The fourth-order valence-corrected chi connectivity index (χ4v) is 7.94. The minimum atomic E-state index is -0.109. The number of hydrogen-bond acceptors (Lipinski definition) is 0. The van der Waals surface area contributed by atoms with Crippen LogP contribution in [0.1, 0.15) is 96.4 Å². The molecule has 0 fully saturated rings. The molecule has 0 nitrogen and oxygen atoms in total. The highest BCUT2D eigenvalue weighted by Gasteiger charge is 2.59. The third-order valence-corrected chi connectivity index (χ3v) is 9.42. The molecule has 0 spiro atoms. The molecule has 0 heterocycles. The summed E-state index contributed by atoms with van der Waals surface area (Å²) in [5.41, 5.74) is 14.5. The fraction of sp³-hybridized carbons (Fsp3) is 0.471. The van der Waals surface area contributed by atoms with Gasteiger partial charge in [0.05, 0.1) is 0 Å². The Morgan fingerprint density at radius 1 is 1.06 bits per heavy atom. The molecule has 3 atom stereocenters. The van der Waals surface area contributed by atoms with E-state index in [9.17, 15) is 0 Å². The van der Waals surface area contributed by atoms with Gasteiger partial charge in [0.15, 0.2) is 0 Å². The third-order valence-electron chi connectivity index (χ3n) is 9.42. The van der Waals surface area contributed by atoms with Gasteiger partial charge in [0, 0.05) is 17.4 Å². The average Bonchev–Trinajstić information content (AvgIpc) is 2.72. The number of aryl methyl sites for hydroxylation is 1. The van der Waals surface area contributed by atoms with Gasteiger partial charge in [0.1, 0.15) is 0 Å². The van der Waals surface area contributed by atoms with Crippen LogP contribution in [0.5, 0.6) is 0 Å². The van der Waals surface area contributed by atoms with Gasteiger partial charge < -0.3 is 0 Å². The third kappa shape index (κ3) is 3.20. The Morgan fingerprint density at radius 2 is 1.74 bits per heavy atom. The van der Waals surface area contributed by atoms with Gasteiger partial charge in [-0.15, -0.1) is 0 Å². The van der Waals surface area contributed by atoms with Gasteiger partial charge in [-0.05, 0) is 109 Å². The van der Waals surface area contributed by atoms with Crippen molar-refractivity contribution in [1.82, 2.24) is 0 Å². The van der Waals surface area contributed by atoms with Crippen LogP contribution >= 0.6 is 0 Å². The molecule has 178 valence electrons. The smallest absolute Gasteiger partial charge is 0.0283 e. The van der Waals surface area contributed by atoms with Crippen LogP contribution in [0.15, 0.2) is 65.3 Å². The van der Waals surface area contributed by atoms with Gasteiger partial charge >= 0.3 is 0 Å². The molecule has 0 aliphatic heterocycles. The van der Waals surface area contributed by atoms with E-state index in [4.69, 9.17) is 13.2 Å². The molecule has 1 aromatic rings. The van der Waals surface area contributed by atoms with Gasteiger partial charge in [0.25, 0.3) is 0 Å². The summed E-state index contributed by atoms with van der Waals surface area (Å²) in [5.74, 6) is 6.91. The van der Waals surface area contributed by atoms with Crippen molar-refractivity contribution in [2.24, 2.45) is 16.2 Å². The Morgan fingerprint density at radius 3 is 2.35 bits per heavy atom. The monoisotopic (exact) mass is 450 g/mol. The predicted molar refractivity (Wildman–Crippen MR) is 149 cm³/mol. The first kappa shape index (κ1) is 24.6. The maximum absolute atomic E-state index is 4.75. The molecule has 0 heteroatoms. The Kier molecular flexibility index (Phi) is 5.80.